The summed E-state index contributed by atoms with van der Waals surface area (Å²) in [5, 5.41) is 4.12. The van der Waals surface area contributed by atoms with Crippen LogP contribution < -0.4 is 10.5 Å². The summed E-state index contributed by atoms with van der Waals surface area (Å²) >= 11 is 0. The van der Waals surface area contributed by atoms with Crippen molar-refractivity contribution in [1.29, 1.82) is 0 Å². The zero-order chi connectivity index (χ0) is 12.4. The minimum Gasteiger partial charge on any atom is -0.493 e. The second-order valence-electron chi connectivity index (χ2n) is 3.78. The van der Waals surface area contributed by atoms with Crippen LogP contribution in [0.5, 0.6) is 5.75 Å². The molecule has 0 aromatic carbocycles. The Hall–Kier alpha value is -1.95. The van der Waals surface area contributed by atoms with Crippen molar-refractivity contribution in [2.75, 3.05) is 7.11 Å². The lowest BCUT2D eigenvalue weighted by atomic mass is 10.1. The molecule has 1 atom stereocenters. The molecule has 0 radical (unpaired) electrons. The van der Waals surface area contributed by atoms with E-state index >= 15 is 0 Å². The first-order valence-electron chi connectivity index (χ1n) is 5.23. The third-order valence-corrected chi connectivity index (χ3v) is 2.58. The molecule has 0 bridgehead atoms. The minimum absolute atomic E-state index is 0.398. The summed E-state index contributed by atoms with van der Waals surface area (Å²) in [6, 6.07) is -0.398. The molecule has 0 spiro atoms. The predicted molar refractivity (Wildman–Crippen MR) is 62.6 cm³/mol. The van der Waals surface area contributed by atoms with Gasteiger partial charge in [-0.1, -0.05) is 0 Å². The summed E-state index contributed by atoms with van der Waals surface area (Å²) in [7, 11) is 3.41. The molecule has 0 aliphatic heterocycles. The third kappa shape index (κ3) is 2.12. The molecular weight excluding hydrogens is 218 g/mol. The molecule has 6 heteroatoms. The lowest BCUT2D eigenvalue weighted by Gasteiger charge is -2.13. The second kappa shape index (κ2) is 4.50. The van der Waals surface area contributed by atoms with Gasteiger partial charge in [0.05, 0.1) is 36.9 Å². The van der Waals surface area contributed by atoms with Crippen LogP contribution in [0.15, 0.2) is 18.6 Å². The van der Waals surface area contributed by atoms with E-state index in [2.05, 4.69) is 15.1 Å². The molecule has 2 heterocycles. The Morgan fingerprint density at radius 1 is 1.29 bits per heavy atom. The number of rotatable bonds is 3. The molecule has 90 valence electrons. The fraction of sp³-hybridized carbons (Fsp3) is 0.364. The van der Waals surface area contributed by atoms with Gasteiger partial charge in [0, 0.05) is 13.2 Å². The number of ether oxygens (including phenoxy) is 1. The van der Waals surface area contributed by atoms with Gasteiger partial charge in [-0.05, 0) is 6.92 Å². The van der Waals surface area contributed by atoms with E-state index in [-0.39, 0.29) is 0 Å². The summed E-state index contributed by atoms with van der Waals surface area (Å²) in [5.41, 5.74) is 8.48. The Labute approximate surface area is 99.4 Å². The average Bonchev–Trinajstić information content (AvgIpc) is 2.70. The Kier molecular flexibility index (Phi) is 3.06. The second-order valence-corrected chi connectivity index (χ2v) is 3.78. The van der Waals surface area contributed by atoms with Crippen molar-refractivity contribution < 1.29 is 4.74 Å². The van der Waals surface area contributed by atoms with Gasteiger partial charge < -0.3 is 10.5 Å². The van der Waals surface area contributed by atoms with Crippen molar-refractivity contribution in [2.45, 2.75) is 13.0 Å². The molecule has 1 unspecified atom stereocenters. The van der Waals surface area contributed by atoms with E-state index in [4.69, 9.17) is 10.5 Å². The summed E-state index contributed by atoms with van der Waals surface area (Å²) < 4.78 is 6.91. The summed E-state index contributed by atoms with van der Waals surface area (Å²) in [4.78, 5) is 8.45. The monoisotopic (exact) mass is 233 g/mol. The molecule has 2 aromatic heterocycles. The highest BCUT2D eigenvalue weighted by atomic mass is 16.5. The van der Waals surface area contributed by atoms with E-state index in [1.54, 1.807) is 30.4 Å². The largest absolute Gasteiger partial charge is 0.493 e. The van der Waals surface area contributed by atoms with Gasteiger partial charge in [0.2, 0.25) is 0 Å². The van der Waals surface area contributed by atoms with Gasteiger partial charge in [-0.3, -0.25) is 14.6 Å². The topological polar surface area (TPSA) is 78.9 Å². The van der Waals surface area contributed by atoms with E-state index in [1.165, 1.54) is 0 Å². The summed E-state index contributed by atoms with van der Waals surface area (Å²) in [5.74, 6) is 0.655. The third-order valence-electron chi connectivity index (χ3n) is 2.58. The van der Waals surface area contributed by atoms with E-state index < -0.39 is 6.04 Å². The number of hydrogen-bond donors (Lipinski definition) is 1. The van der Waals surface area contributed by atoms with Crippen LogP contribution in [0.25, 0.3) is 0 Å². The van der Waals surface area contributed by atoms with Gasteiger partial charge in [-0.2, -0.15) is 5.10 Å². The van der Waals surface area contributed by atoms with Crippen LogP contribution in [0.1, 0.15) is 23.1 Å². The highest BCUT2D eigenvalue weighted by molar-refractivity contribution is 5.32. The van der Waals surface area contributed by atoms with Crippen molar-refractivity contribution in [3.63, 3.8) is 0 Å². The molecular formula is C11H15N5O. The van der Waals surface area contributed by atoms with Crippen molar-refractivity contribution in [2.24, 2.45) is 12.8 Å². The Bertz CT molecular complexity index is 505. The van der Waals surface area contributed by atoms with Crippen molar-refractivity contribution in [1.82, 2.24) is 19.7 Å². The van der Waals surface area contributed by atoms with Crippen LogP contribution in [0, 0.1) is 6.92 Å². The summed E-state index contributed by atoms with van der Waals surface area (Å²) in [6.07, 6.45) is 5.00. The van der Waals surface area contributed by atoms with Crippen LogP contribution in [0.4, 0.5) is 0 Å². The molecule has 6 nitrogen and oxygen atoms in total. The zero-order valence-electron chi connectivity index (χ0n) is 10.1. The van der Waals surface area contributed by atoms with E-state index in [9.17, 15) is 0 Å². The van der Waals surface area contributed by atoms with Crippen LogP contribution in [-0.2, 0) is 7.05 Å². The maximum Gasteiger partial charge on any atom is 0.161 e. The van der Waals surface area contributed by atoms with Gasteiger partial charge in [-0.25, -0.2) is 0 Å². The molecule has 2 rings (SSSR count). The normalized spacial score (nSPS) is 12.5. The van der Waals surface area contributed by atoms with E-state index in [0.29, 0.717) is 11.4 Å². The van der Waals surface area contributed by atoms with Gasteiger partial charge >= 0.3 is 0 Å². The molecule has 0 aliphatic carbocycles. The quantitative estimate of drug-likeness (QED) is 0.838. The maximum atomic E-state index is 6.14. The molecule has 2 N–H and O–H groups in total. The Balaban J connectivity index is 2.39. The van der Waals surface area contributed by atoms with Gasteiger partial charge in [0.15, 0.2) is 5.75 Å². The SMILES string of the molecule is COc1cnn(C)c1C(N)c1cnc(C)cn1. The molecule has 0 saturated heterocycles. The molecule has 17 heavy (non-hydrogen) atoms. The van der Waals surface area contributed by atoms with Gasteiger partial charge in [0.25, 0.3) is 0 Å². The number of methoxy groups -OCH3 is 1. The van der Waals surface area contributed by atoms with Crippen molar-refractivity contribution in [3.8, 4) is 5.75 Å². The van der Waals surface area contributed by atoms with E-state index in [1.807, 2.05) is 14.0 Å². The molecule has 0 fully saturated rings. The smallest absolute Gasteiger partial charge is 0.161 e. The van der Waals surface area contributed by atoms with Crippen LogP contribution >= 0.6 is 0 Å². The van der Waals surface area contributed by atoms with Crippen LogP contribution in [-0.4, -0.2) is 26.9 Å². The van der Waals surface area contributed by atoms with Gasteiger partial charge in [0.1, 0.15) is 5.69 Å². The number of aromatic nitrogens is 4. The first-order chi connectivity index (χ1) is 8.13. The van der Waals surface area contributed by atoms with Crippen LogP contribution in [0.3, 0.4) is 0 Å². The predicted octanol–water partition coefficient (Wildman–Crippen LogP) is 0.575. The lowest BCUT2D eigenvalue weighted by Crippen LogP contribution is -2.18. The zero-order valence-corrected chi connectivity index (χ0v) is 10.1. The fourth-order valence-corrected chi connectivity index (χ4v) is 1.64. The summed E-state index contributed by atoms with van der Waals surface area (Å²) in [6.45, 7) is 1.88. The fourth-order valence-electron chi connectivity index (χ4n) is 1.64. The standard InChI is InChI=1S/C11H15N5O/c1-7-4-14-8(5-13-7)10(12)11-9(17-3)6-15-16(11)2/h4-6,10H,12H2,1-3H3. The van der Waals surface area contributed by atoms with Crippen molar-refractivity contribution in [3.05, 3.63) is 35.7 Å². The minimum atomic E-state index is -0.398. The average molecular weight is 233 g/mol. The first kappa shape index (κ1) is 11.5. The van der Waals surface area contributed by atoms with E-state index in [0.717, 1.165) is 11.4 Å². The maximum absolute atomic E-state index is 6.14. The number of nitrogens with two attached hydrogens (primary N) is 1. The molecule has 0 amide bonds. The van der Waals surface area contributed by atoms with Crippen molar-refractivity contribution >= 4 is 0 Å². The number of hydrogen-bond acceptors (Lipinski definition) is 5. The number of aryl methyl sites for hydroxylation is 2. The lowest BCUT2D eigenvalue weighted by molar-refractivity contribution is 0.405. The molecule has 0 saturated carbocycles. The Morgan fingerprint density at radius 2 is 2.06 bits per heavy atom. The first-order valence-corrected chi connectivity index (χ1v) is 5.23. The number of nitrogens with zero attached hydrogens (tertiary/aromatic N) is 4. The highest BCUT2D eigenvalue weighted by Gasteiger charge is 2.19. The highest BCUT2D eigenvalue weighted by Crippen LogP contribution is 2.25. The van der Waals surface area contributed by atoms with Gasteiger partial charge in [-0.15, -0.1) is 0 Å². The Morgan fingerprint density at radius 3 is 2.65 bits per heavy atom. The molecule has 0 aliphatic rings. The van der Waals surface area contributed by atoms with Crippen LogP contribution in [0.2, 0.25) is 0 Å². The molecule has 2 aromatic rings.